The number of aromatic hydroxyl groups is 1. The first-order valence-corrected chi connectivity index (χ1v) is 10.2. The highest BCUT2D eigenvalue weighted by molar-refractivity contribution is 5.86. The Bertz CT molecular complexity index is 899. The first kappa shape index (κ1) is 18.6. The van der Waals surface area contributed by atoms with E-state index in [2.05, 4.69) is 27.1 Å². The molecule has 0 radical (unpaired) electrons. The van der Waals surface area contributed by atoms with Gasteiger partial charge in [-0.3, -0.25) is 0 Å². The maximum Gasteiger partial charge on any atom is 0.225 e. The second kappa shape index (κ2) is 8.50. The summed E-state index contributed by atoms with van der Waals surface area (Å²) in [5, 5.41) is 13.9. The molecule has 2 aromatic heterocycles. The molecular weight excluding hydrogens is 352 g/mol. The van der Waals surface area contributed by atoms with Gasteiger partial charge in [-0.05, 0) is 55.7 Å². The number of fused-ring (bicyclic) bond motifs is 1. The van der Waals surface area contributed by atoms with Crippen LogP contribution in [0.5, 0.6) is 5.75 Å². The summed E-state index contributed by atoms with van der Waals surface area (Å²) < 4.78 is 5.35. The van der Waals surface area contributed by atoms with Crippen molar-refractivity contribution < 1.29 is 9.52 Å². The van der Waals surface area contributed by atoms with Gasteiger partial charge in [0.1, 0.15) is 11.8 Å². The molecule has 1 aliphatic rings. The number of piperidine rings is 1. The third kappa shape index (κ3) is 4.21. The highest BCUT2D eigenvalue weighted by atomic mass is 16.4. The van der Waals surface area contributed by atoms with Crippen molar-refractivity contribution in [1.82, 2.24) is 9.97 Å². The van der Waals surface area contributed by atoms with Crippen LogP contribution in [0.3, 0.4) is 0 Å². The van der Waals surface area contributed by atoms with Crippen LogP contribution in [0.15, 0.2) is 41.3 Å². The molecule has 0 amide bonds. The number of aryl methyl sites for hydroxylation is 1. The van der Waals surface area contributed by atoms with Crippen molar-refractivity contribution in [3.63, 3.8) is 0 Å². The van der Waals surface area contributed by atoms with Gasteiger partial charge in [0.2, 0.25) is 5.95 Å². The number of hydrogen-bond acceptors (Lipinski definition) is 6. The van der Waals surface area contributed by atoms with Gasteiger partial charge >= 0.3 is 0 Å². The fraction of sp³-hybridized carbons (Fsp3) is 0.455. The largest absolute Gasteiger partial charge is 0.504 e. The summed E-state index contributed by atoms with van der Waals surface area (Å²) in [5.41, 5.74) is 2.93. The summed E-state index contributed by atoms with van der Waals surface area (Å²) >= 11 is 0. The Balaban J connectivity index is 1.18. The number of furan rings is 1. The van der Waals surface area contributed by atoms with Gasteiger partial charge in [0, 0.05) is 43.8 Å². The zero-order chi connectivity index (χ0) is 19.3. The molecule has 0 aliphatic carbocycles. The predicted molar refractivity (Wildman–Crippen MR) is 112 cm³/mol. The van der Waals surface area contributed by atoms with E-state index in [4.69, 9.17) is 4.42 Å². The molecule has 0 spiro atoms. The van der Waals surface area contributed by atoms with Gasteiger partial charge in [0.15, 0.2) is 5.75 Å². The van der Waals surface area contributed by atoms with E-state index in [0.717, 1.165) is 55.4 Å². The van der Waals surface area contributed by atoms with E-state index in [1.807, 2.05) is 30.6 Å². The Morgan fingerprint density at radius 3 is 2.75 bits per heavy atom. The van der Waals surface area contributed by atoms with Crippen LogP contribution in [-0.4, -0.2) is 34.7 Å². The van der Waals surface area contributed by atoms with Gasteiger partial charge in [-0.25, -0.2) is 9.97 Å². The van der Waals surface area contributed by atoms with Crippen LogP contribution in [0.4, 0.5) is 11.6 Å². The van der Waals surface area contributed by atoms with Crippen LogP contribution in [0.1, 0.15) is 38.2 Å². The van der Waals surface area contributed by atoms with Crippen LogP contribution < -0.4 is 10.2 Å². The third-order valence-corrected chi connectivity index (χ3v) is 5.67. The van der Waals surface area contributed by atoms with Gasteiger partial charge in [0.05, 0.1) is 5.39 Å². The number of anilines is 2. The third-order valence-electron chi connectivity index (χ3n) is 5.67. The van der Waals surface area contributed by atoms with Gasteiger partial charge in [-0.1, -0.05) is 6.92 Å². The minimum Gasteiger partial charge on any atom is -0.504 e. The normalized spacial score (nSPS) is 15.2. The lowest BCUT2D eigenvalue weighted by atomic mass is 9.92. The number of rotatable bonds is 7. The lowest BCUT2D eigenvalue weighted by molar-refractivity contribution is 0.374. The highest BCUT2D eigenvalue weighted by Gasteiger charge is 2.20. The number of aromatic nitrogens is 2. The summed E-state index contributed by atoms with van der Waals surface area (Å²) in [5.74, 6) is 1.84. The molecule has 6 nitrogen and oxygen atoms in total. The molecule has 4 rings (SSSR count). The standard InChI is InChI=1S/C22H28N4O2/c1-2-16-13-24-22(25-14-16)26-10-7-17(8-11-26)4-3-9-23-18-5-6-19-20(27)15-28-21(19)12-18/h5-6,12-15,17,23,27H,2-4,7-11H2,1H3. The minimum atomic E-state index is 0.194. The molecular formula is C22H28N4O2. The Hall–Kier alpha value is -2.76. The SMILES string of the molecule is CCc1cnc(N2CCC(CCCNc3ccc4c(O)coc4c3)CC2)nc1. The fourth-order valence-electron chi connectivity index (χ4n) is 3.86. The monoisotopic (exact) mass is 380 g/mol. The summed E-state index contributed by atoms with van der Waals surface area (Å²) in [6.07, 6.45) is 11.0. The van der Waals surface area contributed by atoms with Crippen molar-refractivity contribution >= 4 is 22.6 Å². The molecule has 2 N–H and O–H groups in total. The topological polar surface area (TPSA) is 74.4 Å². The number of nitrogens with one attached hydrogen (secondary N) is 1. The Morgan fingerprint density at radius 1 is 1.21 bits per heavy atom. The molecule has 0 atom stereocenters. The Kier molecular flexibility index (Phi) is 5.65. The first-order chi connectivity index (χ1) is 13.7. The van der Waals surface area contributed by atoms with E-state index in [0.29, 0.717) is 5.58 Å². The zero-order valence-corrected chi connectivity index (χ0v) is 16.4. The van der Waals surface area contributed by atoms with E-state index in [9.17, 15) is 5.11 Å². The van der Waals surface area contributed by atoms with Crippen molar-refractivity contribution in [2.45, 2.75) is 39.0 Å². The maximum atomic E-state index is 9.65. The number of hydrogen-bond donors (Lipinski definition) is 2. The highest BCUT2D eigenvalue weighted by Crippen LogP contribution is 2.29. The average molecular weight is 380 g/mol. The summed E-state index contributed by atoms with van der Waals surface area (Å²) in [4.78, 5) is 11.3. The van der Waals surface area contributed by atoms with Gasteiger partial charge in [-0.15, -0.1) is 0 Å². The number of nitrogens with zero attached hydrogens (tertiary/aromatic N) is 3. The van der Waals surface area contributed by atoms with E-state index in [1.165, 1.54) is 31.1 Å². The Labute approximate surface area is 165 Å². The Morgan fingerprint density at radius 2 is 2.00 bits per heavy atom. The zero-order valence-electron chi connectivity index (χ0n) is 16.4. The van der Waals surface area contributed by atoms with Gasteiger partial charge in [0.25, 0.3) is 0 Å². The molecule has 1 saturated heterocycles. The fourth-order valence-corrected chi connectivity index (χ4v) is 3.86. The van der Waals surface area contributed by atoms with E-state index >= 15 is 0 Å². The lowest BCUT2D eigenvalue weighted by Crippen LogP contribution is -2.35. The van der Waals surface area contributed by atoms with Crippen molar-refractivity contribution in [1.29, 1.82) is 0 Å². The smallest absolute Gasteiger partial charge is 0.225 e. The van der Waals surface area contributed by atoms with Crippen LogP contribution in [0, 0.1) is 5.92 Å². The maximum absolute atomic E-state index is 9.65. The molecule has 28 heavy (non-hydrogen) atoms. The molecule has 0 saturated carbocycles. The summed E-state index contributed by atoms with van der Waals surface area (Å²) in [7, 11) is 0. The molecule has 1 aliphatic heterocycles. The molecule has 3 aromatic rings. The van der Waals surface area contributed by atoms with Gasteiger partial charge in [-0.2, -0.15) is 0 Å². The second-order valence-corrected chi connectivity index (χ2v) is 7.58. The van der Waals surface area contributed by atoms with Crippen LogP contribution >= 0.6 is 0 Å². The van der Waals surface area contributed by atoms with Crippen LogP contribution in [0.2, 0.25) is 0 Å². The predicted octanol–water partition coefficient (Wildman–Crippen LogP) is 4.60. The lowest BCUT2D eigenvalue weighted by Gasteiger charge is -2.32. The van der Waals surface area contributed by atoms with Crippen molar-refractivity contribution in [2.75, 3.05) is 29.9 Å². The van der Waals surface area contributed by atoms with E-state index in [-0.39, 0.29) is 5.75 Å². The summed E-state index contributed by atoms with van der Waals surface area (Å²) in [6, 6.07) is 5.82. The quantitative estimate of drug-likeness (QED) is 0.584. The molecule has 0 bridgehead atoms. The second-order valence-electron chi connectivity index (χ2n) is 7.58. The summed E-state index contributed by atoms with van der Waals surface area (Å²) in [6.45, 7) is 5.16. The molecule has 1 fully saturated rings. The van der Waals surface area contributed by atoms with Crippen LogP contribution in [0.25, 0.3) is 11.0 Å². The molecule has 1 aromatic carbocycles. The molecule has 148 valence electrons. The molecule has 6 heteroatoms. The van der Waals surface area contributed by atoms with Crippen molar-refractivity contribution in [3.05, 3.63) is 42.4 Å². The average Bonchev–Trinajstić information content (AvgIpc) is 3.12. The molecule has 0 unspecified atom stereocenters. The minimum absolute atomic E-state index is 0.194. The number of benzene rings is 1. The van der Waals surface area contributed by atoms with Crippen LogP contribution in [-0.2, 0) is 6.42 Å². The van der Waals surface area contributed by atoms with Crippen molar-refractivity contribution in [3.8, 4) is 5.75 Å². The van der Waals surface area contributed by atoms with E-state index < -0.39 is 0 Å². The first-order valence-electron chi connectivity index (χ1n) is 10.2. The van der Waals surface area contributed by atoms with E-state index in [1.54, 1.807) is 0 Å². The molecule has 3 heterocycles. The van der Waals surface area contributed by atoms with Crippen molar-refractivity contribution in [2.24, 2.45) is 5.92 Å². The van der Waals surface area contributed by atoms with Gasteiger partial charge < -0.3 is 19.7 Å².